The minimum absolute atomic E-state index is 0.0148. The molecule has 0 aliphatic heterocycles. The Balaban J connectivity index is 2.73. The van der Waals surface area contributed by atoms with Crippen LogP contribution in [0.25, 0.3) is 0 Å². The highest BCUT2D eigenvalue weighted by Gasteiger charge is 2.10. The lowest BCUT2D eigenvalue weighted by Gasteiger charge is -2.07. The van der Waals surface area contributed by atoms with Gasteiger partial charge in [0.25, 0.3) is 9.05 Å². The number of hydrogen-bond donors (Lipinski definition) is 1. The minimum atomic E-state index is -3.71. The van der Waals surface area contributed by atoms with E-state index in [-0.39, 0.29) is 16.7 Å². The molecule has 0 spiro atoms. The fourth-order valence-electron chi connectivity index (χ4n) is 1.28. The van der Waals surface area contributed by atoms with E-state index in [1.165, 1.54) is 24.3 Å². The molecule has 0 radical (unpaired) electrons. The Morgan fingerprint density at radius 2 is 1.82 bits per heavy atom. The normalized spacial score (nSPS) is 11.5. The van der Waals surface area contributed by atoms with Gasteiger partial charge in [-0.05, 0) is 30.2 Å². The number of halogens is 1. The van der Waals surface area contributed by atoms with E-state index < -0.39 is 9.05 Å². The molecule has 0 atom stereocenters. The Bertz CT molecular complexity index is 494. The third-order valence-electron chi connectivity index (χ3n) is 2.01. The minimum Gasteiger partial charge on any atom is -0.326 e. The van der Waals surface area contributed by atoms with E-state index in [1.807, 2.05) is 13.8 Å². The number of rotatable bonds is 4. The summed E-state index contributed by atoms with van der Waals surface area (Å²) >= 11 is 0. The molecule has 4 nitrogen and oxygen atoms in total. The van der Waals surface area contributed by atoms with Crippen molar-refractivity contribution in [3.63, 3.8) is 0 Å². The lowest BCUT2D eigenvalue weighted by Crippen LogP contribution is -2.13. The Labute approximate surface area is 105 Å². The summed E-state index contributed by atoms with van der Waals surface area (Å²) in [5.41, 5.74) is 0.555. The largest absolute Gasteiger partial charge is 0.326 e. The van der Waals surface area contributed by atoms with Crippen molar-refractivity contribution < 1.29 is 13.2 Å². The molecule has 0 aromatic heterocycles. The molecule has 0 aliphatic rings. The smallest absolute Gasteiger partial charge is 0.261 e. The predicted molar refractivity (Wildman–Crippen MR) is 67.6 cm³/mol. The SMILES string of the molecule is CC(C)CC(=O)Nc1ccc(S(=O)(=O)Cl)cc1. The fourth-order valence-corrected chi connectivity index (χ4v) is 2.05. The topological polar surface area (TPSA) is 63.2 Å². The number of benzene rings is 1. The van der Waals surface area contributed by atoms with Crippen molar-refractivity contribution in [1.82, 2.24) is 0 Å². The zero-order valence-corrected chi connectivity index (χ0v) is 11.2. The zero-order chi connectivity index (χ0) is 13.1. The van der Waals surface area contributed by atoms with Gasteiger partial charge in [-0.15, -0.1) is 0 Å². The second-order valence-corrected chi connectivity index (χ2v) is 6.67. The maximum absolute atomic E-state index is 11.4. The van der Waals surface area contributed by atoms with E-state index in [0.29, 0.717) is 12.1 Å². The van der Waals surface area contributed by atoms with Crippen molar-refractivity contribution in [3.8, 4) is 0 Å². The van der Waals surface area contributed by atoms with Gasteiger partial charge in [-0.1, -0.05) is 13.8 Å². The molecule has 0 saturated heterocycles. The number of carbonyl (C=O) groups is 1. The van der Waals surface area contributed by atoms with Crippen LogP contribution in [0.1, 0.15) is 20.3 Å². The van der Waals surface area contributed by atoms with Crippen LogP contribution >= 0.6 is 10.7 Å². The number of anilines is 1. The molecule has 1 N–H and O–H groups in total. The monoisotopic (exact) mass is 275 g/mol. The molecule has 0 aliphatic carbocycles. The summed E-state index contributed by atoms with van der Waals surface area (Å²) in [6, 6.07) is 5.72. The molecule has 0 unspecified atom stereocenters. The van der Waals surface area contributed by atoms with E-state index in [0.717, 1.165) is 0 Å². The van der Waals surface area contributed by atoms with E-state index >= 15 is 0 Å². The van der Waals surface area contributed by atoms with Crippen molar-refractivity contribution in [2.24, 2.45) is 5.92 Å². The molecule has 0 saturated carbocycles. The van der Waals surface area contributed by atoms with Crippen LogP contribution in [0.2, 0.25) is 0 Å². The lowest BCUT2D eigenvalue weighted by atomic mass is 10.1. The van der Waals surface area contributed by atoms with Crippen LogP contribution in [-0.4, -0.2) is 14.3 Å². The third-order valence-corrected chi connectivity index (χ3v) is 3.38. The number of carbonyl (C=O) groups excluding carboxylic acids is 1. The van der Waals surface area contributed by atoms with Gasteiger partial charge in [0.05, 0.1) is 4.90 Å². The van der Waals surface area contributed by atoms with Crippen molar-refractivity contribution in [2.75, 3.05) is 5.32 Å². The second kappa shape index (κ2) is 5.51. The Morgan fingerprint density at radius 1 is 1.29 bits per heavy atom. The molecule has 1 aromatic rings. The van der Waals surface area contributed by atoms with Crippen molar-refractivity contribution in [3.05, 3.63) is 24.3 Å². The molecule has 1 rings (SSSR count). The van der Waals surface area contributed by atoms with E-state index in [4.69, 9.17) is 10.7 Å². The van der Waals surface area contributed by atoms with Gasteiger partial charge in [0.15, 0.2) is 0 Å². The van der Waals surface area contributed by atoms with Crippen LogP contribution in [0.5, 0.6) is 0 Å². The summed E-state index contributed by atoms with van der Waals surface area (Å²) < 4.78 is 22.0. The highest BCUT2D eigenvalue weighted by atomic mass is 35.7. The summed E-state index contributed by atoms with van der Waals surface area (Å²) in [6.07, 6.45) is 0.426. The summed E-state index contributed by atoms with van der Waals surface area (Å²) in [6.45, 7) is 3.89. The summed E-state index contributed by atoms with van der Waals surface area (Å²) in [5, 5.41) is 2.68. The van der Waals surface area contributed by atoms with Crippen LogP contribution in [0.4, 0.5) is 5.69 Å². The van der Waals surface area contributed by atoms with Gasteiger partial charge in [0.2, 0.25) is 5.91 Å². The van der Waals surface area contributed by atoms with Gasteiger partial charge in [-0.3, -0.25) is 4.79 Å². The molecule has 17 heavy (non-hydrogen) atoms. The van der Waals surface area contributed by atoms with E-state index in [9.17, 15) is 13.2 Å². The van der Waals surface area contributed by atoms with E-state index in [2.05, 4.69) is 5.32 Å². The molecule has 1 aromatic carbocycles. The highest BCUT2D eigenvalue weighted by molar-refractivity contribution is 8.13. The van der Waals surface area contributed by atoms with Crippen LogP contribution in [0.15, 0.2) is 29.2 Å². The Hall–Kier alpha value is -1.07. The number of hydrogen-bond acceptors (Lipinski definition) is 3. The average Bonchev–Trinajstić information content (AvgIpc) is 2.15. The van der Waals surface area contributed by atoms with Gasteiger partial charge >= 0.3 is 0 Å². The number of nitrogens with one attached hydrogen (secondary N) is 1. The quantitative estimate of drug-likeness (QED) is 0.859. The molecule has 0 heterocycles. The highest BCUT2D eigenvalue weighted by Crippen LogP contribution is 2.18. The first kappa shape index (κ1) is 14.0. The van der Waals surface area contributed by atoms with Crippen molar-refractivity contribution in [1.29, 1.82) is 0 Å². The first-order valence-electron chi connectivity index (χ1n) is 5.13. The van der Waals surface area contributed by atoms with Gasteiger partial charge in [0.1, 0.15) is 0 Å². The zero-order valence-electron chi connectivity index (χ0n) is 9.60. The number of amides is 1. The molecule has 0 bridgehead atoms. The van der Waals surface area contributed by atoms with E-state index in [1.54, 1.807) is 0 Å². The molecule has 0 fully saturated rings. The Morgan fingerprint density at radius 3 is 2.24 bits per heavy atom. The Kier molecular flexibility index (Phi) is 4.54. The molecule has 94 valence electrons. The first-order valence-corrected chi connectivity index (χ1v) is 7.44. The molecule has 1 amide bonds. The van der Waals surface area contributed by atoms with Crippen LogP contribution in [-0.2, 0) is 13.8 Å². The first-order chi connectivity index (χ1) is 7.79. The maximum atomic E-state index is 11.4. The van der Waals surface area contributed by atoms with Crippen LogP contribution < -0.4 is 5.32 Å². The van der Waals surface area contributed by atoms with Crippen LogP contribution in [0.3, 0.4) is 0 Å². The van der Waals surface area contributed by atoms with Gasteiger partial charge in [-0.25, -0.2) is 8.42 Å². The summed E-state index contributed by atoms with van der Waals surface area (Å²) in [4.78, 5) is 11.5. The van der Waals surface area contributed by atoms with Crippen molar-refractivity contribution >= 4 is 31.3 Å². The maximum Gasteiger partial charge on any atom is 0.261 e. The third kappa shape index (κ3) is 4.75. The fraction of sp³-hybridized carbons (Fsp3) is 0.364. The average molecular weight is 276 g/mol. The standard InChI is InChI=1S/C11H14ClNO3S/c1-8(2)7-11(14)13-9-3-5-10(6-4-9)17(12,15)16/h3-6,8H,7H2,1-2H3,(H,13,14). The molecular formula is C11H14ClNO3S. The van der Waals surface area contributed by atoms with Gasteiger partial charge < -0.3 is 5.32 Å². The predicted octanol–water partition coefficient (Wildman–Crippen LogP) is 2.60. The second-order valence-electron chi connectivity index (χ2n) is 4.11. The summed E-state index contributed by atoms with van der Waals surface area (Å²) in [5.74, 6) is 0.180. The summed E-state index contributed by atoms with van der Waals surface area (Å²) in [7, 11) is 1.46. The molecular weight excluding hydrogens is 262 g/mol. The van der Waals surface area contributed by atoms with Crippen molar-refractivity contribution in [2.45, 2.75) is 25.2 Å². The lowest BCUT2D eigenvalue weighted by molar-refractivity contribution is -0.116. The molecule has 6 heteroatoms. The van der Waals surface area contributed by atoms with Gasteiger partial charge in [0, 0.05) is 22.8 Å². The van der Waals surface area contributed by atoms with Gasteiger partial charge in [-0.2, -0.15) is 0 Å². The van der Waals surface area contributed by atoms with Crippen LogP contribution in [0, 0.1) is 5.92 Å².